The summed E-state index contributed by atoms with van der Waals surface area (Å²) in [6.45, 7) is 0. The van der Waals surface area contributed by atoms with Gasteiger partial charge >= 0.3 is 0 Å². The minimum absolute atomic E-state index is 0.473. The lowest BCUT2D eigenvalue weighted by Crippen LogP contribution is -2.31. The number of rotatable bonds is 6. The molecule has 1 aromatic heterocycles. The molecule has 1 unspecified atom stereocenters. The lowest BCUT2D eigenvalue weighted by atomic mass is 9.68. The van der Waals surface area contributed by atoms with Gasteiger partial charge in [-0.1, -0.05) is 78.9 Å². The van der Waals surface area contributed by atoms with E-state index in [1.165, 1.54) is 0 Å². The lowest BCUT2D eigenvalue weighted by Gasteiger charge is -2.36. The predicted octanol–water partition coefficient (Wildman–Crippen LogP) is 5.66. The van der Waals surface area contributed by atoms with Crippen molar-refractivity contribution in [2.45, 2.75) is 11.8 Å². The summed E-state index contributed by atoms with van der Waals surface area (Å²) in [5.41, 5.74) is 5.95. The highest BCUT2D eigenvalue weighted by molar-refractivity contribution is 5.77. The van der Waals surface area contributed by atoms with Gasteiger partial charge in [-0.25, -0.2) is 0 Å². The molecular weight excluding hydrogens is 412 g/mol. The first-order chi connectivity index (χ1) is 16.2. The van der Waals surface area contributed by atoms with Crippen LogP contribution in [0.15, 0.2) is 78.9 Å². The maximum absolute atomic E-state index is 5.91. The summed E-state index contributed by atoms with van der Waals surface area (Å²) in [5.74, 6) is 1.88. The number of aromatic amines is 1. The zero-order valence-electron chi connectivity index (χ0n) is 19.0. The smallest absolute Gasteiger partial charge is 0.203 e. The molecule has 5 heteroatoms. The van der Waals surface area contributed by atoms with Gasteiger partial charge in [0.05, 0.1) is 27.0 Å². The Kier molecular flexibility index (Phi) is 5.38. The molecule has 3 aromatic carbocycles. The van der Waals surface area contributed by atoms with Crippen LogP contribution >= 0.6 is 0 Å². The quantitative estimate of drug-likeness (QED) is 0.422. The second-order valence-corrected chi connectivity index (χ2v) is 8.06. The second-order valence-electron chi connectivity index (χ2n) is 8.06. The van der Waals surface area contributed by atoms with Crippen LogP contribution in [0.2, 0.25) is 0 Å². The maximum atomic E-state index is 5.91. The van der Waals surface area contributed by atoms with Crippen molar-refractivity contribution < 1.29 is 14.2 Å². The molecule has 0 amide bonds. The van der Waals surface area contributed by atoms with Crippen LogP contribution in [0.4, 0.5) is 0 Å². The number of nitrogens with zero attached hydrogens (tertiary/aromatic N) is 1. The summed E-state index contributed by atoms with van der Waals surface area (Å²) in [6.07, 6.45) is 5.14. The molecule has 0 radical (unpaired) electrons. The first kappa shape index (κ1) is 20.9. The topological polar surface area (TPSA) is 56.4 Å². The molecule has 0 spiro atoms. The highest BCUT2D eigenvalue weighted by atomic mass is 16.5. The number of aromatic nitrogens is 2. The number of hydrogen-bond donors (Lipinski definition) is 1. The zero-order valence-corrected chi connectivity index (χ0v) is 19.0. The van der Waals surface area contributed by atoms with Gasteiger partial charge in [-0.05, 0) is 11.6 Å². The van der Waals surface area contributed by atoms with E-state index in [2.05, 4.69) is 64.8 Å². The number of methoxy groups -OCH3 is 3. The molecule has 1 N–H and O–H groups in total. The molecule has 5 rings (SSSR count). The van der Waals surface area contributed by atoms with E-state index in [0.717, 1.165) is 33.6 Å². The molecule has 1 atom stereocenters. The third-order valence-corrected chi connectivity index (χ3v) is 6.39. The fraction of sp³-hybridized carbons (Fsp3) is 0.179. The van der Waals surface area contributed by atoms with Crippen LogP contribution in [-0.2, 0) is 11.8 Å². The van der Waals surface area contributed by atoms with Gasteiger partial charge in [0.25, 0.3) is 0 Å². The third kappa shape index (κ3) is 3.37. The molecule has 5 nitrogen and oxygen atoms in total. The molecule has 1 aliphatic carbocycles. The van der Waals surface area contributed by atoms with Crippen LogP contribution in [0.5, 0.6) is 17.2 Å². The van der Waals surface area contributed by atoms with Gasteiger partial charge in [-0.2, -0.15) is 5.10 Å². The average Bonchev–Trinajstić information content (AvgIpc) is 3.31. The normalized spacial score (nSPS) is 16.8. The number of nitrogens with one attached hydrogen (secondary N) is 1. The zero-order chi connectivity index (χ0) is 22.8. The monoisotopic (exact) mass is 438 g/mol. The van der Waals surface area contributed by atoms with Crippen molar-refractivity contribution in [1.82, 2.24) is 10.2 Å². The Morgan fingerprint density at radius 3 is 2.15 bits per heavy atom. The molecule has 0 bridgehead atoms. The number of allylic oxidation sites excluding steroid dienone is 1. The Morgan fingerprint density at radius 2 is 1.48 bits per heavy atom. The van der Waals surface area contributed by atoms with Crippen LogP contribution < -0.4 is 14.2 Å². The van der Waals surface area contributed by atoms with Gasteiger partial charge in [0, 0.05) is 34.2 Å². The molecule has 0 saturated heterocycles. The second kappa shape index (κ2) is 8.51. The van der Waals surface area contributed by atoms with Crippen LogP contribution in [0.1, 0.15) is 22.4 Å². The molecule has 0 saturated carbocycles. The number of fused-ring (bicyclic) bond motifs is 1. The lowest BCUT2D eigenvalue weighted by molar-refractivity contribution is 0.319. The van der Waals surface area contributed by atoms with E-state index in [1.807, 2.05) is 30.3 Å². The summed E-state index contributed by atoms with van der Waals surface area (Å²) in [7, 11) is 4.93. The highest BCUT2D eigenvalue weighted by Crippen LogP contribution is 2.50. The molecule has 1 aliphatic rings. The van der Waals surface area contributed by atoms with E-state index in [1.54, 1.807) is 21.3 Å². The Balaban J connectivity index is 1.72. The SMILES string of the molecule is COc1ccc(C2(c3ccccc3)C=Cc3c(-c4ccccc4)n[nH]c3C2)c(OC)c1OC. The van der Waals surface area contributed by atoms with Crippen molar-refractivity contribution in [1.29, 1.82) is 0 Å². The summed E-state index contributed by atoms with van der Waals surface area (Å²) in [4.78, 5) is 0. The van der Waals surface area contributed by atoms with Crippen molar-refractivity contribution in [2.24, 2.45) is 0 Å². The molecule has 166 valence electrons. The first-order valence-electron chi connectivity index (χ1n) is 10.9. The Labute approximate surface area is 193 Å². The molecule has 0 fully saturated rings. The van der Waals surface area contributed by atoms with Gasteiger partial charge in [-0.3, -0.25) is 5.10 Å². The number of benzene rings is 3. The summed E-state index contributed by atoms with van der Waals surface area (Å²) in [5, 5.41) is 7.98. The fourth-order valence-corrected chi connectivity index (χ4v) is 4.81. The first-order valence-corrected chi connectivity index (χ1v) is 10.9. The summed E-state index contributed by atoms with van der Waals surface area (Å²) >= 11 is 0. The fourth-order valence-electron chi connectivity index (χ4n) is 4.81. The van der Waals surface area contributed by atoms with Gasteiger partial charge in [0.2, 0.25) is 5.75 Å². The van der Waals surface area contributed by atoms with Gasteiger partial charge in [0.15, 0.2) is 11.5 Å². The van der Waals surface area contributed by atoms with Gasteiger partial charge in [0.1, 0.15) is 0 Å². The Bertz CT molecular complexity index is 1300. The van der Waals surface area contributed by atoms with E-state index in [0.29, 0.717) is 23.7 Å². The minimum Gasteiger partial charge on any atom is -0.493 e. The van der Waals surface area contributed by atoms with Crippen LogP contribution in [-0.4, -0.2) is 31.5 Å². The van der Waals surface area contributed by atoms with E-state index in [-0.39, 0.29) is 0 Å². The highest BCUT2D eigenvalue weighted by Gasteiger charge is 2.40. The van der Waals surface area contributed by atoms with Gasteiger partial charge in [-0.15, -0.1) is 0 Å². The Morgan fingerprint density at radius 1 is 0.788 bits per heavy atom. The number of hydrogen-bond acceptors (Lipinski definition) is 4. The van der Waals surface area contributed by atoms with Crippen molar-refractivity contribution >= 4 is 6.08 Å². The third-order valence-electron chi connectivity index (χ3n) is 6.39. The van der Waals surface area contributed by atoms with Crippen molar-refractivity contribution in [3.63, 3.8) is 0 Å². The van der Waals surface area contributed by atoms with Crippen LogP contribution in [0.25, 0.3) is 17.3 Å². The predicted molar refractivity (Wildman–Crippen MR) is 130 cm³/mol. The van der Waals surface area contributed by atoms with E-state index < -0.39 is 5.41 Å². The molecule has 0 aliphatic heterocycles. The molecule has 4 aromatic rings. The van der Waals surface area contributed by atoms with E-state index >= 15 is 0 Å². The number of H-pyrrole nitrogens is 1. The standard InChI is InChI=1S/C28H26N2O3/c1-31-24-15-14-22(26(32-2)27(24)33-3)28(20-12-8-5-9-13-20)17-16-21-23(18-28)29-30-25(21)19-10-6-4-7-11-19/h4-17H,18H2,1-3H3,(H,29,30). The molecule has 1 heterocycles. The minimum atomic E-state index is -0.473. The summed E-state index contributed by atoms with van der Waals surface area (Å²) in [6, 6.07) is 24.7. The maximum Gasteiger partial charge on any atom is 0.203 e. The molecular formula is C28H26N2O3. The van der Waals surface area contributed by atoms with Gasteiger partial charge < -0.3 is 14.2 Å². The average molecular weight is 439 g/mol. The van der Waals surface area contributed by atoms with E-state index in [9.17, 15) is 0 Å². The van der Waals surface area contributed by atoms with Crippen molar-refractivity contribution in [3.8, 4) is 28.5 Å². The van der Waals surface area contributed by atoms with Crippen LogP contribution in [0.3, 0.4) is 0 Å². The Hall–Kier alpha value is -3.99. The van der Waals surface area contributed by atoms with E-state index in [4.69, 9.17) is 14.2 Å². The van der Waals surface area contributed by atoms with Crippen molar-refractivity contribution in [2.75, 3.05) is 21.3 Å². The van der Waals surface area contributed by atoms with Crippen molar-refractivity contribution in [3.05, 3.63) is 101 Å². The number of ether oxygens (including phenoxy) is 3. The molecule has 33 heavy (non-hydrogen) atoms. The largest absolute Gasteiger partial charge is 0.493 e. The van der Waals surface area contributed by atoms with Crippen LogP contribution in [0, 0.1) is 0 Å². The summed E-state index contributed by atoms with van der Waals surface area (Å²) < 4.78 is 17.1.